The van der Waals surface area contributed by atoms with Gasteiger partial charge in [-0.05, 0) is 48.9 Å². The van der Waals surface area contributed by atoms with Gasteiger partial charge in [0.05, 0.1) is 4.88 Å². The van der Waals surface area contributed by atoms with Crippen molar-refractivity contribution in [1.29, 1.82) is 0 Å². The molecule has 2 aromatic heterocycles. The summed E-state index contributed by atoms with van der Waals surface area (Å²) in [5.74, 6) is 7.16. The van der Waals surface area contributed by atoms with Gasteiger partial charge in [0.15, 0.2) is 5.82 Å². The molecule has 0 N–H and O–H groups in total. The fraction of sp³-hybridized carbons (Fsp3) is 0.375. The number of thiophene rings is 1. The molecule has 2 saturated heterocycles. The molecule has 0 spiro atoms. The molecule has 0 amide bonds. The highest BCUT2D eigenvalue weighted by Gasteiger charge is 2.41. The van der Waals surface area contributed by atoms with Gasteiger partial charge in [-0.1, -0.05) is 6.07 Å². The third-order valence-electron chi connectivity index (χ3n) is 4.29. The SMILES string of the molecule is CN1C[C@@H]2C[C@H]1CN2c1ccc(C#Cc2cccs2)nn1. The fourth-order valence-corrected chi connectivity index (χ4v) is 3.74. The minimum atomic E-state index is 0.595. The minimum absolute atomic E-state index is 0.595. The van der Waals surface area contributed by atoms with Crippen LogP contribution in [0, 0.1) is 11.8 Å². The highest BCUT2D eigenvalue weighted by molar-refractivity contribution is 7.10. The van der Waals surface area contributed by atoms with Crippen LogP contribution in [0.5, 0.6) is 0 Å². The Bertz CT molecular complexity index is 681. The first-order chi connectivity index (χ1) is 10.3. The smallest absolute Gasteiger partial charge is 0.151 e. The van der Waals surface area contributed by atoms with Crippen molar-refractivity contribution in [2.75, 3.05) is 25.0 Å². The zero-order valence-electron chi connectivity index (χ0n) is 11.9. The highest BCUT2D eigenvalue weighted by Crippen LogP contribution is 2.32. The number of aromatic nitrogens is 2. The lowest BCUT2D eigenvalue weighted by molar-refractivity contribution is 0.292. The van der Waals surface area contributed by atoms with Crippen molar-refractivity contribution in [3.8, 4) is 11.8 Å². The molecule has 0 aromatic carbocycles. The van der Waals surface area contributed by atoms with E-state index in [0.29, 0.717) is 12.1 Å². The molecular formula is C16H16N4S. The van der Waals surface area contributed by atoms with E-state index in [1.807, 2.05) is 29.6 Å². The van der Waals surface area contributed by atoms with Crippen LogP contribution in [-0.4, -0.2) is 47.3 Å². The van der Waals surface area contributed by atoms with Crippen LogP contribution in [0.15, 0.2) is 29.6 Å². The number of piperazine rings is 1. The van der Waals surface area contributed by atoms with E-state index in [-0.39, 0.29) is 0 Å². The molecule has 2 fully saturated rings. The van der Waals surface area contributed by atoms with Gasteiger partial charge in [-0.15, -0.1) is 21.5 Å². The Morgan fingerprint density at radius 2 is 2.10 bits per heavy atom. The topological polar surface area (TPSA) is 32.3 Å². The Labute approximate surface area is 128 Å². The molecule has 0 aliphatic carbocycles. The second-order valence-corrected chi connectivity index (χ2v) is 6.59. The van der Waals surface area contributed by atoms with Crippen molar-refractivity contribution < 1.29 is 0 Å². The van der Waals surface area contributed by atoms with E-state index in [2.05, 4.69) is 38.9 Å². The Morgan fingerprint density at radius 1 is 1.14 bits per heavy atom. The van der Waals surface area contributed by atoms with Crippen molar-refractivity contribution in [2.45, 2.75) is 18.5 Å². The van der Waals surface area contributed by atoms with Crippen molar-refractivity contribution in [3.63, 3.8) is 0 Å². The molecule has 0 unspecified atom stereocenters. The number of anilines is 1. The molecule has 2 aliphatic rings. The zero-order chi connectivity index (χ0) is 14.2. The van der Waals surface area contributed by atoms with Gasteiger partial charge in [0.1, 0.15) is 5.69 Å². The minimum Gasteiger partial charge on any atom is -0.349 e. The van der Waals surface area contributed by atoms with Crippen LogP contribution < -0.4 is 4.90 Å². The monoisotopic (exact) mass is 296 g/mol. The van der Waals surface area contributed by atoms with Crippen LogP contribution in [-0.2, 0) is 0 Å². The molecule has 106 valence electrons. The molecule has 2 aliphatic heterocycles. The number of fused-ring (bicyclic) bond motifs is 2. The van der Waals surface area contributed by atoms with Gasteiger partial charge in [-0.25, -0.2) is 0 Å². The van der Waals surface area contributed by atoms with Gasteiger partial charge in [0.2, 0.25) is 0 Å². The van der Waals surface area contributed by atoms with Crippen molar-refractivity contribution in [2.24, 2.45) is 0 Å². The van der Waals surface area contributed by atoms with Crippen LogP contribution in [0.25, 0.3) is 0 Å². The third-order valence-corrected chi connectivity index (χ3v) is 5.08. The molecule has 0 saturated carbocycles. The quantitative estimate of drug-likeness (QED) is 0.752. The van der Waals surface area contributed by atoms with Crippen LogP contribution >= 0.6 is 11.3 Å². The molecule has 4 nitrogen and oxygen atoms in total. The lowest BCUT2D eigenvalue weighted by Crippen LogP contribution is -2.44. The Morgan fingerprint density at radius 3 is 2.71 bits per heavy atom. The van der Waals surface area contributed by atoms with Crippen LogP contribution in [0.4, 0.5) is 5.82 Å². The molecule has 4 rings (SSSR count). The summed E-state index contributed by atoms with van der Waals surface area (Å²) in [5.41, 5.74) is 0.730. The Hall–Kier alpha value is -1.90. The standard InChI is InChI=1S/C16H16N4S/c1-19-10-14-9-13(19)11-20(14)16-7-5-12(17-18-16)4-6-15-3-2-8-21-15/h2-3,5,7-8,13-14H,9-11H2,1H3/t13-,14-/m0/s1. The predicted octanol–water partition coefficient (Wildman–Crippen LogP) is 1.83. The van der Waals surface area contributed by atoms with Crippen LogP contribution in [0.2, 0.25) is 0 Å². The predicted molar refractivity (Wildman–Crippen MR) is 84.5 cm³/mol. The second kappa shape index (κ2) is 5.14. The van der Waals surface area contributed by atoms with E-state index in [9.17, 15) is 0 Å². The maximum atomic E-state index is 4.36. The van der Waals surface area contributed by atoms with Crippen molar-refractivity contribution in [1.82, 2.24) is 15.1 Å². The second-order valence-electron chi connectivity index (χ2n) is 5.64. The van der Waals surface area contributed by atoms with Crippen LogP contribution in [0.1, 0.15) is 17.0 Å². The lowest BCUT2D eigenvalue weighted by atomic mass is 10.2. The molecular weight excluding hydrogens is 280 g/mol. The summed E-state index contributed by atoms with van der Waals surface area (Å²) in [6, 6.07) is 9.30. The van der Waals surface area contributed by atoms with Crippen molar-refractivity contribution >= 4 is 17.2 Å². The van der Waals surface area contributed by atoms with Gasteiger partial charge < -0.3 is 4.90 Å². The van der Waals surface area contributed by atoms with E-state index >= 15 is 0 Å². The first kappa shape index (κ1) is 12.8. The average Bonchev–Trinajstić information content (AvgIpc) is 3.22. The van der Waals surface area contributed by atoms with Gasteiger partial charge >= 0.3 is 0 Å². The van der Waals surface area contributed by atoms with E-state index < -0.39 is 0 Å². The summed E-state index contributed by atoms with van der Waals surface area (Å²) in [7, 11) is 2.21. The van der Waals surface area contributed by atoms with E-state index in [0.717, 1.165) is 29.5 Å². The maximum absolute atomic E-state index is 4.36. The fourth-order valence-electron chi connectivity index (χ4n) is 3.17. The lowest BCUT2D eigenvalue weighted by Gasteiger charge is -2.32. The van der Waals surface area contributed by atoms with Crippen LogP contribution in [0.3, 0.4) is 0 Å². The molecule has 0 radical (unpaired) electrons. The summed E-state index contributed by atoms with van der Waals surface area (Å²) in [6.45, 7) is 2.20. The molecule has 21 heavy (non-hydrogen) atoms. The summed E-state index contributed by atoms with van der Waals surface area (Å²) >= 11 is 1.64. The Kier molecular flexibility index (Phi) is 3.13. The highest BCUT2D eigenvalue weighted by atomic mass is 32.1. The van der Waals surface area contributed by atoms with Gasteiger partial charge in [0, 0.05) is 25.2 Å². The maximum Gasteiger partial charge on any atom is 0.151 e. The first-order valence-electron chi connectivity index (χ1n) is 7.16. The molecule has 2 bridgehead atoms. The number of likely N-dealkylation sites (N-methyl/N-ethyl adjacent to an activating group) is 1. The van der Waals surface area contributed by atoms with Gasteiger partial charge in [0.25, 0.3) is 0 Å². The first-order valence-corrected chi connectivity index (χ1v) is 8.04. The zero-order valence-corrected chi connectivity index (χ0v) is 12.7. The third kappa shape index (κ3) is 2.41. The van der Waals surface area contributed by atoms with E-state index in [4.69, 9.17) is 0 Å². The Balaban J connectivity index is 1.50. The molecule has 2 aromatic rings. The number of rotatable bonds is 1. The number of likely N-dealkylation sites (tertiary alicyclic amines) is 1. The summed E-state index contributed by atoms with van der Waals surface area (Å²) in [4.78, 5) is 5.88. The summed E-state index contributed by atoms with van der Waals surface area (Å²) < 4.78 is 0. The van der Waals surface area contributed by atoms with Gasteiger partial charge in [-0.2, -0.15) is 0 Å². The molecule has 4 heterocycles. The number of hydrogen-bond acceptors (Lipinski definition) is 5. The normalized spacial score (nSPS) is 24.1. The number of nitrogens with zero attached hydrogens (tertiary/aromatic N) is 4. The molecule has 5 heteroatoms. The largest absolute Gasteiger partial charge is 0.349 e. The molecule has 2 atom stereocenters. The average molecular weight is 296 g/mol. The number of hydrogen-bond donors (Lipinski definition) is 0. The summed E-state index contributed by atoms with van der Waals surface area (Å²) in [5, 5.41) is 10.6. The van der Waals surface area contributed by atoms with Gasteiger partial charge in [-0.3, -0.25) is 4.90 Å². The van der Waals surface area contributed by atoms with Crippen molar-refractivity contribution in [3.05, 3.63) is 40.2 Å². The summed E-state index contributed by atoms with van der Waals surface area (Å²) in [6.07, 6.45) is 1.25. The van der Waals surface area contributed by atoms with E-state index in [1.54, 1.807) is 11.3 Å². The van der Waals surface area contributed by atoms with E-state index in [1.165, 1.54) is 6.42 Å².